The van der Waals surface area contributed by atoms with E-state index >= 15 is 0 Å². The number of nitrogens with zero attached hydrogens (tertiary/aromatic N) is 1. The predicted molar refractivity (Wildman–Crippen MR) is 110 cm³/mol. The number of rotatable bonds is 6. The van der Waals surface area contributed by atoms with Gasteiger partial charge in [-0.2, -0.15) is 0 Å². The van der Waals surface area contributed by atoms with E-state index in [-0.39, 0.29) is 11.9 Å². The van der Waals surface area contributed by atoms with Crippen molar-refractivity contribution in [2.24, 2.45) is 5.92 Å². The Morgan fingerprint density at radius 2 is 1.89 bits per heavy atom. The van der Waals surface area contributed by atoms with Crippen molar-refractivity contribution in [3.05, 3.63) is 59.7 Å². The van der Waals surface area contributed by atoms with Crippen molar-refractivity contribution < 1.29 is 9.53 Å². The van der Waals surface area contributed by atoms with Crippen molar-refractivity contribution in [2.45, 2.75) is 39.2 Å². The van der Waals surface area contributed by atoms with Crippen LogP contribution in [0.25, 0.3) is 0 Å². The molecule has 0 spiro atoms. The minimum Gasteiger partial charge on any atom is -0.495 e. The number of piperidine rings is 1. The molecule has 0 unspecified atom stereocenters. The molecule has 2 aromatic rings. The van der Waals surface area contributed by atoms with Gasteiger partial charge in [0, 0.05) is 0 Å². The number of amides is 1. The standard InChI is InChI=1S/C23H30N2O2/c1-17-9-10-22(27-3)21(15-17)24-23(26)18(2)25-13-11-20(12-14-25)16-19-7-5-4-6-8-19/h4-10,15,18,20H,11-14,16H2,1-3H3,(H,24,26)/t18-/m0/s1. The summed E-state index contributed by atoms with van der Waals surface area (Å²) in [6.07, 6.45) is 3.41. The third kappa shape index (κ3) is 5.10. The van der Waals surface area contributed by atoms with Gasteiger partial charge >= 0.3 is 0 Å². The molecule has 1 amide bonds. The average Bonchev–Trinajstić information content (AvgIpc) is 2.69. The van der Waals surface area contributed by atoms with Crippen LogP contribution in [0.5, 0.6) is 5.75 Å². The highest BCUT2D eigenvalue weighted by molar-refractivity contribution is 5.95. The highest BCUT2D eigenvalue weighted by Gasteiger charge is 2.27. The molecule has 0 radical (unpaired) electrons. The number of nitrogens with one attached hydrogen (secondary N) is 1. The molecule has 4 heteroatoms. The van der Waals surface area contributed by atoms with Gasteiger partial charge in [-0.25, -0.2) is 0 Å². The van der Waals surface area contributed by atoms with Crippen molar-refractivity contribution >= 4 is 11.6 Å². The fourth-order valence-corrected chi connectivity index (χ4v) is 3.81. The molecule has 144 valence electrons. The molecular weight excluding hydrogens is 336 g/mol. The molecule has 1 saturated heterocycles. The van der Waals surface area contributed by atoms with Crippen LogP contribution >= 0.6 is 0 Å². The van der Waals surface area contributed by atoms with Crippen LogP contribution in [-0.4, -0.2) is 37.0 Å². The Hall–Kier alpha value is -2.33. The average molecular weight is 367 g/mol. The van der Waals surface area contributed by atoms with Crippen molar-refractivity contribution in [3.8, 4) is 5.75 Å². The summed E-state index contributed by atoms with van der Waals surface area (Å²) in [7, 11) is 1.63. The maximum Gasteiger partial charge on any atom is 0.241 e. The van der Waals surface area contributed by atoms with Crippen molar-refractivity contribution in [1.82, 2.24) is 4.90 Å². The van der Waals surface area contributed by atoms with Gasteiger partial charge in [0.2, 0.25) is 5.91 Å². The van der Waals surface area contributed by atoms with Crippen LogP contribution in [-0.2, 0) is 11.2 Å². The van der Waals surface area contributed by atoms with E-state index in [1.807, 2.05) is 32.0 Å². The number of methoxy groups -OCH3 is 1. The van der Waals surface area contributed by atoms with E-state index in [2.05, 4.69) is 40.5 Å². The smallest absolute Gasteiger partial charge is 0.241 e. The second-order valence-corrected chi connectivity index (χ2v) is 7.54. The number of carbonyl (C=O) groups excluding carboxylic acids is 1. The van der Waals surface area contributed by atoms with Crippen LogP contribution in [0.1, 0.15) is 30.9 Å². The summed E-state index contributed by atoms with van der Waals surface area (Å²) in [4.78, 5) is 15.0. The van der Waals surface area contributed by atoms with Crippen LogP contribution in [0.4, 0.5) is 5.69 Å². The lowest BCUT2D eigenvalue weighted by atomic mass is 9.89. The Morgan fingerprint density at radius 1 is 1.19 bits per heavy atom. The summed E-state index contributed by atoms with van der Waals surface area (Å²) in [5.74, 6) is 1.43. The van der Waals surface area contributed by atoms with E-state index in [1.54, 1.807) is 7.11 Å². The highest BCUT2D eigenvalue weighted by atomic mass is 16.5. The van der Waals surface area contributed by atoms with Gasteiger partial charge in [-0.15, -0.1) is 0 Å². The molecule has 1 fully saturated rings. The molecule has 1 heterocycles. The second kappa shape index (κ2) is 9.05. The van der Waals surface area contributed by atoms with Crippen LogP contribution < -0.4 is 10.1 Å². The van der Waals surface area contributed by atoms with Gasteiger partial charge in [-0.3, -0.25) is 9.69 Å². The Bertz CT molecular complexity index is 752. The van der Waals surface area contributed by atoms with Crippen molar-refractivity contribution in [1.29, 1.82) is 0 Å². The predicted octanol–water partition coefficient (Wildman–Crippen LogP) is 4.29. The minimum absolute atomic E-state index is 0.0282. The van der Waals surface area contributed by atoms with Gasteiger partial charge in [0.15, 0.2) is 0 Å². The van der Waals surface area contributed by atoms with Crippen LogP contribution in [0.15, 0.2) is 48.5 Å². The molecule has 1 aliphatic rings. The molecule has 4 nitrogen and oxygen atoms in total. The van der Waals surface area contributed by atoms with E-state index in [4.69, 9.17) is 4.74 Å². The van der Waals surface area contributed by atoms with E-state index in [0.717, 1.165) is 43.6 Å². The van der Waals surface area contributed by atoms with Crippen molar-refractivity contribution in [2.75, 3.05) is 25.5 Å². The number of aryl methyl sites for hydroxylation is 1. The Labute approximate surface area is 162 Å². The first-order chi connectivity index (χ1) is 13.1. The third-order valence-corrected chi connectivity index (χ3v) is 5.56. The summed E-state index contributed by atoms with van der Waals surface area (Å²) in [6.45, 7) is 5.94. The lowest BCUT2D eigenvalue weighted by molar-refractivity contribution is -0.121. The molecule has 0 bridgehead atoms. The summed E-state index contributed by atoms with van der Waals surface area (Å²) < 4.78 is 5.37. The number of anilines is 1. The molecule has 0 saturated carbocycles. The van der Waals surface area contributed by atoms with Gasteiger partial charge in [-0.05, 0) is 75.4 Å². The molecule has 3 rings (SSSR count). The number of hydrogen-bond acceptors (Lipinski definition) is 3. The molecule has 0 aliphatic carbocycles. The van der Waals surface area contributed by atoms with E-state index < -0.39 is 0 Å². The summed E-state index contributed by atoms with van der Waals surface area (Å²) in [5.41, 5.74) is 3.25. The molecule has 0 aromatic heterocycles. The number of benzene rings is 2. The molecule has 1 atom stereocenters. The van der Waals surface area contributed by atoms with Gasteiger partial charge in [0.25, 0.3) is 0 Å². The van der Waals surface area contributed by atoms with Gasteiger partial charge < -0.3 is 10.1 Å². The first-order valence-electron chi connectivity index (χ1n) is 9.80. The van der Waals surface area contributed by atoms with Crippen LogP contribution in [0.3, 0.4) is 0 Å². The van der Waals surface area contributed by atoms with Crippen LogP contribution in [0.2, 0.25) is 0 Å². The molecule has 2 aromatic carbocycles. The lowest BCUT2D eigenvalue weighted by Crippen LogP contribution is -2.46. The third-order valence-electron chi connectivity index (χ3n) is 5.56. The quantitative estimate of drug-likeness (QED) is 0.829. The topological polar surface area (TPSA) is 41.6 Å². The van der Waals surface area contributed by atoms with E-state index in [1.165, 1.54) is 5.56 Å². The zero-order valence-electron chi connectivity index (χ0n) is 16.6. The second-order valence-electron chi connectivity index (χ2n) is 7.54. The highest BCUT2D eigenvalue weighted by Crippen LogP contribution is 2.27. The zero-order chi connectivity index (χ0) is 19.2. The Kier molecular flexibility index (Phi) is 6.51. The number of ether oxygens (including phenoxy) is 1. The first-order valence-corrected chi connectivity index (χ1v) is 9.80. The Morgan fingerprint density at radius 3 is 2.56 bits per heavy atom. The summed E-state index contributed by atoms with van der Waals surface area (Å²) in [5, 5.41) is 3.04. The van der Waals surface area contributed by atoms with Crippen LogP contribution in [0, 0.1) is 12.8 Å². The molecular formula is C23H30N2O2. The normalized spacial score (nSPS) is 16.7. The number of carbonyl (C=O) groups is 1. The molecule has 1 N–H and O–H groups in total. The maximum absolute atomic E-state index is 12.8. The van der Waals surface area contributed by atoms with E-state index in [0.29, 0.717) is 11.7 Å². The fourth-order valence-electron chi connectivity index (χ4n) is 3.81. The summed E-state index contributed by atoms with van der Waals surface area (Å²) >= 11 is 0. The first kappa shape index (κ1) is 19.4. The number of likely N-dealkylation sites (tertiary alicyclic amines) is 1. The zero-order valence-corrected chi connectivity index (χ0v) is 16.6. The SMILES string of the molecule is COc1ccc(C)cc1NC(=O)[C@H](C)N1CCC(Cc2ccccc2)CC1. The van der Waals surface area contributed by atoms with Gasteiger partial charge in [-0.1, -0.05) is 36.4 Å². The molecule has 1 aliphatic heterocycles. The van der Waals surface area contributed by atoms with Gasteiger partial charge in [0.1, 0.15) is 5.75 Å². The van der Waals surface area contributed by atoms with Crippen molar-refractivity contribution in [3.63, 3.8) is 0 Å². The maximum atomic E-state index is 12.8. The summed E-state index contributed by atoms with van der Waals surface area (Å²) in [6, 6.07) is 16.4. The van der Waals surface area contributed by atoms with Gasteiger partial charge in [0.05, 0.1) is 18.8 Å². The number of hydrogen-bond donors (Lipinski definition) is 1. The van der Waals surface area contributed by atoms with E-state index in [9.17, 15) is 4.79 Å². The fraction of sp³-hybridized carbons (Fsp3) is 0.435. The minimum atomic E-state index is -0.145. The monoisotopic (exact) mass is 366 g/mol. The largest absolute Gasteiger partial charge is 0.495 e. The lowest BCUT2D eigenvalue weighted by Gasteiger charge is -2.35. The Balaban J connectivity index is 1.53. The molecule has 27 heavy (non-hydrogen) atoms.